The van der Waals surface area contributed by atoms with Crippen molar-refractivity contribution >= 4 is 16.9 Å². The Balaban J connectivity index is 1.62. The lowest BCUT2D eigenvalue weighted by Gasteiger charge is -2.30. The number of benzene rings is 2. The van der Waals surface area contributed by atoms with Crippen molar-refractivity contribution in [3.63, 3.8) is 0 Å². The van der Waals surface area contributed by atoms with Crippen LogP contribution in [0.3, 0.4) is 0 Å². The zero-order chi connectivity index (χ0) is 20.1. The van der Waals surface area contributed by atoms with Gasteiger partial charge in [0, 0.05) is 19.6 Å². The average molecular weight is 410 g/mol. The lowest BCUT2D eigenvalue weighted by Crippen LogP contribution is -2.43. The summed E-state index contributed by atoms with van der Waals surface area (Å²) in [5, 5.41) is 2.62. The minimum atomic E-state index is -4.46. The van der Waals surface area contributed by atoms with E-state index in [0.717, 1.165) is 6.07 Å². The number of hydrogen-bond donors (Lipinski definition) is 1. The number of nitrogens with one attached hydrogen (secondary N) is 1. The highest BCUT2D eigenvalue weighted by molar-refractivity contribution is 7.82. The van der Waals surface area contributed by atoms with Gasteiger partial charge in [0.25, 0.3) is 0 Å². The molecule has 0 aromatic heterocycles. The summed E-state index contributed by atoms with van der Waals surface area (Å²) in [7, 11) is -1.36. The second-order valence-electron chi connectivity index (χ2n) is 6.66. The van der Waals surface area contributed by atoms with Crippen molar-refractivity contribution in [3.8, 4) is 0 Å². The highest BCUT2D eigenvalue weighted by Gasteiger charge is 2.33. The molecule has 1 amide bonds. The summed E-state index contributed by atoms with van der Waals surface area (Å²) >= 11 is 0. The van der Waals surface area contributed by atoms with E-state index in [2.05, 4.69) is 5.32 Å². The lowest BCUT2D eigenvalue weighted by atomic mass is 9.98. The van der Waals surface area contributed by atoms with Gasteiger partial charge in [0.15, 0.2) is 0 Å². The summed E-state index contributed by atoms with van der Waals surface area (Å²) in [5.74, 6) is -0.716. The van der Waals surface area contributed by atoms with Crippen LogP contribution < -0.4 is 5.32 Å². The van der Waals surface area contributed by atoms with Gasteiger partial charge in [-0.15, -0.1) is 0 Å². The molecule has 2 unspecified atom stereocenters. The van der Waals surface area contributed by atoms with Crippen LogP contribution in [-0.2, 0) is 28.5 Å². The molecule has 2 atom stereocenters. The summed E-state index contributed by atoms with van der Waals surface area (Å²) in [4.78, 5) is 13.2. The van der Waals surface area contributed by atoms with Gasteiger partial charge in [-0.3, -0.25) is 4.79 Å². The normalized spacial score (nSPS) is 19.2. The molecular weight excluding hydrogens is 389 g/mol. The number of alkyl halides is 3. The number of carbonyl (C=O) groups excluding carboxylic acids is 1. The van der Waals surface area contributed by atoms with E-state index >= 15 is 0 Å². The molecule has 1 saturated heterocycles. The van der Waals surface area contributed by atoms with Crippen molar-refractivity contribution in [2.45, 2.75) is 30.5 Å². The number of hydrogen-bond acceptors (Lipinski definition) is 2. The predicted octanol–water partition coefficient (Wildman–Crippen LogP) is 3.76. The molecule has 0 aliphatic carbocycles. The first-order valence-electron chi connectivity index (χ1n) is 9.01. The topological polar surface area (TPSA) is 49.4 Å². The van der Waals surface area contributed by atoms with Gasteiger partial charge in [-0.2, -0.15) is 13.2 Å². The van der Waals surface area contributed by atoms with E-state index < -0.39 is 28.6 Å². The number of amides is 1. The molecular formula is C20H21F3N2O2S. The van der Waals surface area contributed by atoms with Crippen LogP contribution in [0.1, 0.15) is 24.0 Å². The van der Waals surface area contributed by atoms with Crippen molar-refractivity contribution in [2.75, 3.05) is 13.1 Å². The Kier molecular flexibility index (Phi) is 6.51. The van der Waals surface area contributed by atoms with Crippen LogP contribution in [0.15, 0.2) is 59.5 Å². The molecule has 1 aliphatic heterocycles. The minimum absolute atomic E-state index is 0.0314. The summed E-state index contributed by atoms with van der Waals surface area (Å²) in [6, 6.07) is 14.2. The Bertz CT molecular complexity index is 843. The Labute approximate surface area is 164 Å². The second kappa shape index (κ2) is 8.87. The first kappa shape index (κ1) is 20.5. The Morgan fingerprint density at radius 1 is 1.11 bits per heavy atom. The van der Waals surface area contributed by atoms with Crippen LogP contribution in [0.5, 0.6) is 0 Å². The van der Waals surface area contributed by atoms with Gasteiger partial charge in [0.05, 0.1) is 16.4 Å². The molecule has 0 radical (unpaired) electrons. The third-order valence-corrected chi connectivity index (χ3v) is 6.19. The van der Waals surface area contributed by atoms with Crippen molar-refractivity contribution in [3.05, 3.63) is 65.7 Å². The molecule has 0 spiro atoms. The fourth-order valence-corrected chi connectivity index (χ4v) is 4.57. The summed E-state index contributed by atoms with van der Waals surface area (Å²) in [6.45, 7) is 0.739. The van der Waals surface area contributed by atoms with Crippen molar-refractivity contribution in [1.29, 1.82) is 0 Å². The molecule has 0 saturated carbocycles. The minimum Gasteiger partial charge on any atom is -0.352 e. The molecule has 1 N–H and O–H groups in total. The predicted molar refractivity (Wildman–Crippen MR) is 100 cm³/mol. The number of nitrogens with zero attached hydrogens (tertiary/aromatic N) is 1. The molecule has 1 fully saturated rings. The van der Waals surface area contributed by atoms with Gasteiger partial charge in [-0.25, -0.2) is 8.51 Å². The monoisotopic (exact) mass is 410 g/mol. The fourth-order valence-electron chi connectivity index (χ4n) is 3.27. The third kappa shape index (κ3) is 4.99. The van der Waals surface area contributed by atoms with E-state index in [-0.39, 0.29) is 18.0 Å². The highest BCUT2D eigenvalue weighted by Crippen LogP contribution is 2.31. The van der Waals surface area contributed by atoms with Crippen LogP contribution in [0.25, 0.3) is 0 Å². The van der Waals surface area contributed by atoms with Crippen LogP contribution in [-0.4, -0.2) is 27.5 Å². The molecule has 2 aromatic carbocycles. The van der Waals surface area contributed by atoms with Crippen LogP contribution in [0.4, 0.5) is 13.2 Å². The van der Waals surface area contributed by atoms with Crippen LogP contribution in [0.2, 0.25) is 0 Å². The molecule has 2 aromatic rings. The zero-order valence-corrected chi connectivity index (χ0v) is 15.9. The smallest absolute Gasteiger partial charge is 0.352 e. The van der Waals surface area contributed by atoms with Gasteiger partial charge < -0.3 is 5.32 Å². The van der Waals surface area contributed by atoms with Gasteiger partial charge in [-0.1, -0.05) is 36.4 Å². The quantitative estimate of drug-likeness (QED) is 0.816. The van der Waals surface area contributed by atoms with Gasteiger partial charge >= 0.3 is 6.18 Å². The SMILES string of the molecule is O=C(NCc1ccccc1C(F)(F)F)C1CCCN(S(=O)c2ccccc2)C1. The Morgan fingerprint density at radius 3 is 2.50 bits per heavy atom. The number of rotatable bonds is 5. The molecule has 1 aliphatic rings. The van der Waals surface area contributed by atoms with E-state index in [1.165, 1.54) is 18.2 Å². The summed E-state index contributed by atoms with van der Waals surface area (Å²) in [6.07, 6.45) is -3.14. The van der Waals surface area contributed by atoms with Crippen molar-refractivity contribution in [2.24, 2.45) is 5.92 Å². The van der Waals surface area contributed by atoms with E-state index in [1.807, 2.05) is 6.07 Å². The molecule has 3 rings (SSSR count). The third-order valence-electron chi connectivity index (χ3n) is 4.71. The number of piperidine rings is 1. The maximum atomic E-state index is 13.1. The standard InChI is InChI=1S/C20H21F3N2O2S/c21-20(22,23)18-11-5-4-7-15(18)13-24-19(26)16-8-6-12-25(14-16)28(27)17-9-2-1-3-10-17/h1-5,7,9-11,16H,6,8,12-14H2,(H,24,26). The first-order valence-corrected chi connectivity index (χ1v) is 10.1. The van der Waals surface area contributed by atoms with E-state index in [1.54, 1.807) is 28.6 Å². The van der Waals surface area contributed by atoms with Gasteiger partial charge in [-0.05, 0) is 36.6 Å². The maximum absolute atomic E-state index is 13.1. The zero-order valence-electron chi connectivity index (χ0n) is 15.1. The average Bonchev–Trinajstić information content (AvgIpc) is 2.71. The van der Waals surface area contributed by atoms with E-state index in [0.29, 0.717) is 30.8 Å². The highest BCUT2D eigenvalue weighted by atomic mass is 32.2. The summed E-state index contributed by atoms with van der Waals surface area (Å²) < 4.78 is 53.7. The van der Waals surface area contributed by atoms with Gasteiger partial charge in [0.1, 0.15) is 11.0 Å². The number of halogens is 3. The Hall–Kier alpha value is -2.19. The molecule has 4 nitrogen and oxygen atoms in total. The molecule has 1 heterocycles. The molecule has 150 valence electrons. The first-order chi connectivity index (χ1) is 13.4. The van der Waals surface area contributed by atoms with Gasteiger partial charge in [0.2, 0.25) is 5.91 Å². The molecule has 8 heteroatoms. The fraction of sp³-hybridized carbons (Fsp3) is 0.350. The lowest BCUT2D eigenvalue weighted by molar-refractivity contribution is -0.138. The van der Waals surface area contributed by atoms with Crippen LogP contribution in [0, 0.1) is 5.92 Å². The summed E-state index contributed by atoms with van der Waals surface area (Å²) in [5.41, 5.74) is -0.713. The van der Waals surface area contributed by atoms with Crippen LogP contribution >= 0.6 is 0 Å². The largest absolute Gasteiger partial charge is 0.416 e. The maximum Gasteiger partial charge on any atom is 0.416 e. The van der Waals surface area contributed by atoms with E-state index in [4.69, 9.17) is 0 Å². The van der Waals surface area contributed by atoms with Crippen molar-refractivity contribution < 1.29 is 22.2 Å². The second-order valence-corrected chi connectivity index (χ2v) is 8.15. The molecule has 0 bridgehead atoms. The number of carbonyl (C=O) groups is 1. The Morgan fingerprint density at radius 2 is 1.79 bits per heavy atom. The van der Waals surface area contributed by atoms with Crippen molar-refractivity contribution in [1.82, 2.24) is 9.62 Å². The van der Waals surface area contributed by atoms with E-state index in [9.17, 15) is 22.2 Å². The molecule has 28 heavy (non-hydrogen) atoms.